The van der Waals surface area contributed by atoms with Crippen LogP contribution in [0, 0.1) is 0 Å². The summed E-state index contributed by atoms with van der Waals surface area (Å²) in [4.78, 5) is 20.6. The summed E-state index contributed by atoms with van der Waals surface area (Å²) < 4.78 is 4.29. The number of carbonyl (C=O) groups is 2. The van der Waals surface area contributed by atoms with E-state index in [-0.39, 0.29) is 12.8 Å². The quantitative estimate of drug-likeness (QED) is 0.535. The molecular weight excluding hydrogens is 150 g/mol. The van der Waals surface area contributed by atoms with Crippen molar-refractivity contribution >= 4 is 11.9 Å². The largest absolute Gasteiger partial charge is 0.481 e. The van der Waals surface area contributed by atoms with Crippen molar-refractivity contribution in [3.05, 3.63) is 0 Å². The Bertz CT molecular complexity index is 157. The molecule has 0 saturated heterocycles. The van der Waals surface area contributed by atoms with Crippen LogP contribution in [0.4, 0.5) is 0 Å². The van der Waals surface area contributed by atoms with Gasteiger partial charge in [0.1, 0.15) is 0 Å². The average molecular weight is 161 g/mol. The van der Waals surface area contributed by atoms with Crippen LogP contribution in [-0.4, -0.2) is 30.2 Å². The van der Waals surface area contributed by atoms with E-state index in [2.05, 4.69) is 4.74 Å². The molecule has 3 N–H and O–H groups in total. The Morgan fingerprint density at radius 1 is 1.55 bits per heavy atom. The molecule has 0 saturated carbocycles. The van der Waals surface area contributed by atoms with Crippen LogP contribution in [0.5, 0.6) is 0 Å². The van der Waals surface area contributed by atoms with Crippen LogP contribution in [0.3, 0.4) is 0 Å². The maximum Gasteiger partial charge on any atom is 0.307 e. The van der Waals surface area contributed by atoms with Gasteiger partial charge in [-0.25, -0.2) is 0 Å². The van der Waals surface area contributed by atoms with E-state index in [1.165, 1.54) is 7.11 Å². The molecule has 0 fully saturated rings. The predicted molar refractivity (Wildman–Crippen MR) is 36.9 cm³/mol. The van der Waals surface area contributed by atoms with Gasteiger partial charge in [-0.2, -0.15) is 0 Å². The zero-order valence-electron chi connectivity index (χ0n) is 6.24. The molecule has 0 aromatic rings. The van der Waals surface area contributed by atoms with Crippen LogP contribution in [0.25, 0.3) is 0 Å². The van der Waals surface area contributed by atoms with Gasteiger partial charge in [0.25, 0.3) is 0 Å². The molecule has 0 rings (SSSR count). The normalized spacial score (nSPS) is 12.2. The summed E-state index contributed by atoms with van der Waals surface area (Å²) >= 11 is 0. The van der Waals surface area contributed by atoms with Gasteiger partial charge in [0, 0.05) is 6.04 Å². The predicted octanol–water partition coefficient (Wildman–Crippen LogP) is -0.648. The van der Waals surface area contributed by atoms with Crippen molar-refractivity contribution in [2.45, 2.75) is 18.9 Å². The van der Waals surface area contributed by atoms with Crippen LogP contribution >= 0.6 is 0 Å². The molecule has 0 aliphatic rings. The lowest BCUT2D eigenvalue weighted by Crippen LogP contribution is -2.27. The fraction of sp³-hybridized carbons (Fsp3) is 0.667. The summed E-state index contributed by atoms with van der Waals surface area (Å²) in [6.45, 7) is 0. The molecule has 5 nitrogen and oxygen atoms in total. The van der Waals surface area contributed by atoms with Crippen molar-refractivity contribution in [1.82, 2.24) is 0 Å². The number of hydrogen-bond acceptors (Lipinski definition) is 4. The van der Waals surface area contributed by atoms with Crippen molar-refractivity contribution < 1.29 is 19.4 Å². The van der Waals surface area contributed by atoms with E-state index in [4.69, 9.17) is 10.8 Å². The number of carboxylic acid groups (broad SMARTS) is 1. The topological polar surface area (TPSA) is 89.6 Å². The zero-order valence-corrected chi connectivity index (χ0v) is 6.24. The first kappa shape index (κ1) is 9.90. The van der Waals surface area contributed by atoms with E-state index >= 15 is 0 Å². The third-order valence-corrected chi connectivity index (χ3v) is 1.09. The smallest absolute Gasteiger partial charge is 0.307 e. The first-order valence-electron chi connectivity index (χ1n) is 3.10. The molecule has 0 aromatic heterocycles. The van der Waals surface area contributed by atoms with Crippen LogP contribution in [0.1, 0.15) is 12.8 Å². The number of nitrogens with two attached hydrogens (primary N) is 1. The summed E-state index contributed by atoms with van der Waals surface area (Å²) in [7, 11) is 1.23. The van der Waals surface area contributed by atoms with Gasteiger partial charge >= 0.3 is 11.9 Å². The van der Waals surface area contributed by atoms with E-state index in [1.807, 2.05) is 0 Å². The molecule has 1 atom stereocenters. The molecule has 0 amide bonds. The Kier molecular flexibility index (Phi) is 4.21. The van der Waals surface area contributed by atoms with Crippen molar-refractivity contribution in [3.8, 4) is 0 Å². The monoisotopic (exact) mass is 161 g/mol. The molecule has 0 aliphatic heterocycles. The third kappa shape index (κ3) is 5.35. The molecule has 0 spiro atoms. The lowest BCUT2D eigenvalue weighted by molar-refractivity contribution is -0.141. The van der Waals surface area contributed by atoms with E-state index in [0.717, 1.165) is 0 Å². The van der Waals surface area contributed by atoms with Crippen molar-refractivity contribution in [1.29, 1.82) is 0 Å². The number of methoxy groups -OCH3 is 1. The van der Waals surface area contributed by atoms with Gasteiger partial charge in [-0.05, 0) is 0 Å². The highest BCUT2D eigenvalue weighted by Gasteiger charge is 2.12. The maximum absolute atomic E-state index is 10.5. The average Bonchev–Trinajstić information content (AvgIpc) is 1.85. The van der Waals surface area contributed by atoms with Crippen LogP contribution < -0.4 is 5.73 Å². The fourth-order valence-electron chi connectivity index (χ4n) is 0.594. The summed E-state index contributed by atoms with van der Waals surface area (Å²) in [5.41, 5.74) is 5.27. The lowest BCUT2D eigenvalue weighted by Gasteiger charge is -2.05. The standard InChI is InChI=1S/C6H11NO4/c1-11-6(10)3-4(7)2-5(8)9/h4H,2-3,7H2,1H3,(H,8,9)/t4-/m1/s1. The van der Waals surface area contributed by atoms with Crippen LogP contribution in [0.15, 0.2) is 0 Å². The third-order valence-electron chi connectivity index (χ3n) is 1.09. The van der Waals surface area contributed by atoms with E-state index < -0.39 is 18.0 Å². The Balaban J connectivity index is 3.60. The highest BCUT2D eigenvalue weighted by molar-refractivity contribution is 5.72. The second kappa shape index (κ2) is 4.68. The Morgan fingerprint density at radius 2 is 2.09 bits per heavy atom. The SMILES string of the molecule is COC(=O)C[C@H](N)CC(=O)O. The van der Waals surface area contributed by atoms with Crippen molar-refractivity contribution in [2.75, 3.05) is 7.11 Å². The highest BCUT2D eigenvalue weighted by atomic mass is 16.5. The van der Waals surface area contributed by atoms with Crippen molar-refractivity contribution in [2.24, 2.45) is 5.73 Å². The number of rotatable bonds is 4. The number of aliphatic carboxylic acids is 1. The Hall–Kier alpha value is -1.10. The molecule has 0 aromatic carbocycles. The van der Waals surface area contributed by atoms with E-state index in [9.17, 15) is 9.59 Å². The minimum atomic E-state index is -1.01. The van der Waals surface area contributed by atoms with Crippen molar-refractivity contribution in [3.63, 3.8) is 0 Å². The summed E-state index contributed by atoms with van der Waals surface area (Å²) in [5.74, 6) is -1.50. The molecule has 64 valence electrons. The fourth-order valence-corrected chi connectivity index (χ4v) is 0.594. The minimum absolute atomic E-state index is 0.0528. The van der Waals surface area contributed by atoms with Gasteiger partial charge in [-0.15, -0.1) is 0 Å². The summed E-state index contributed by atoms with van der Waals surface area (Å²) in [5, 5.41) is 8.24. The van der Waals surface area contributed by atoms with Crippen LogP contribution in [-0.2, 0) is 14.3 Å². The van der Waals surface area contributed by atoms with Gasteiger partial charge in [0.2, 0.25) is 0 Å². The van der Waals surface area contributed by atoms with Gasteiger partial charge in [-0.3, -0.25) is 9.59 Å². The maximum atomic E-state index is 10.5. The van der Waals surface area contributed by atoms with E-state index in [1.54, 1.807) is 0 Å². The lowest BCUT2D eigenvalue weighted by atomic mass is 10.1. The zero-order chi connectivity index (χ0) is 8.85. The van der Waals surface area contributed by atoms with Gasteiger partial charge in [0.05, 0.1) is 20.0 Å². The van der Waals surface area contributed by atoms with Gasteiger partial charge < -0.3 is 15.6 Å². The number of esters is 1. The minimum Gasteiger partial charge on any atom is -0.481 e. The number of carboxylic acids is 1. The molecule has 11 heavy (non-hydrogen) atoms. The van der Waals surface area contributed by atoms with Crippen LogP contribution in [0.2, 0.25) is 0 Å². The number of ether oxygens (including phenoxy) is 1. The summed E-state index contributed by atoms with van der Waals surface area (Å²) in [6.07, 6.45) is -0.266. The Labute approximate surface area is 64.1 Å². The van der Waals surface area contributed by atoms with Gasteiger partial charge in [0.15, 0.2) is 0 Å². The second-order valence-electron chi connectivity index (χ2n) is 2.14. The highest BCUT2D eigenvalue weighted by Crippen LogP contribution is 1.95. The molecule has 0 radical (unpaired) electrons. The molecular formula is C6H11NO4. The van der Waals surface area contributed by atoms with E-state index in [0.29, 0.717) is 0 Å². The summed E-state index contributed by atoms with van der Waals surface area (Å²) in [6, 6.07) is -0.653. The second-order valence-corrected chi connectivity index (χ2v) is 2.14. The molecule has 0 heterocycles. The first-order valence-corrected chi connectivity index (χ1v) is 3.10. The molecule has 0 bridgehead atoms. The number of carbonyl (C=O) groups excluding carboxylic acids is 1. The molecule has 0 unspecified atom stereocenters. The first-order chi connectivity index (χ1) is 5.06. The molecule has 5 heteroatoms. The molecule has 0 aliphatic carbocycles. The number of hydrogen-bond donors (Lipinski definition) is 2. The Morgan fingerprint density at radius 3 is 2.45 bits per heavy atom. The van der Waals surface area contributed by atoms with Gasteiger partial charge in [-0.1, -0.05) is 0 Å².